The highest BCUT2D eigenvalue weighted by atomic mass is 32.2. The lowest BCUT2D eigenvalue weighted by Gasteiger charge is -2.41. The van der Waals surface area contributed by atoms with Crippen molar-refractivity contribution in [1.82, 2.24) is 10.4 Å². The summed E-state index contributed by atoms with van der Waals surface area (Å²) < 4.78 is 68.0. The molecule has 0 aromatic heterocycles. The van der Waals surface area contributed by atoms with Crippen LogP contribution in [0.1, 0.15) is 46.8 Å². The van der Waals surface area contributed by atoms with Gasteiger partial charge in [-0.25, -0.2) is 8.78 Å². The number of carbonyl (C=O) groups is 1. The van der Waals surface area contributed by atoms with Crippen LogP contribution in [0.5, 0.6) is 0 Å². The maximum Gasteiger partial charge on any atom is 0.390 e. The van der Waals surface area contributed by atoms with E-state index in [4.69, 9.17) is 5.73 Å². The second-order valence-corrected chi connectivity index (χ2v) is 13.2. The number of amides is 1. The Balaban J connectivity index is 1.67. The SMILES string of the molecule is Cc1cc(C2=CC(C)CC=C3C(=NCCC(F)(F)F)C=C(C4(c5cc(F)ccc5F)SCCS4)NN32)ccc1C(N)=O. The Hall–Kier alpha value is -3.25. The minimum Gasteiger partial charge on any atom is -0.366 e. The van der Waals surface area contributed by atoms with Crippen LogP contribution in [-0.2, 0) is 4.08 Å². The lowest BCUT2D eigenvalue weighted by atomic mass is 9.99. The number of nitrogens with zero attached hydrogens (tertiary/aromatic N) is 2. The molecule has 1 unspecified atom stereocenters. The van der Waals surface area contributed by atoms with Crippen molar-refractivity contribution in [1.29, 1.82) is 0 Å². The third-order valence-corrected chi connectivity index (χ3v) is 10.7. The van der Waals surface area contributed by atoms with Crippen molar-refractivity contribution >= 4 is 40.8 Å². The van der Waals surface area contributed by atoms with Crippen LogP contribution in [0.4, 0.5) is 22.0 Å². The molecule has 0 aliphatic carbocycles. The van der Waals surface area contributed by atoms with E-state index < -0.39 is 40.8 Å². The van der Waals surface area contributed by atoms with Gasteiger partial charge < -0.3 is 5.73 Å². The summed E-state index contributed by atoms with van der Waals surface area (Å²) in [5.41, 5.74) is 12.8. The molecule has 0 bridgehead atoms. The Morgan fingerprint density at radius 2 is 1.88 bits per heavy atom. The monoisotopic (exact) mass is 620 g/mol. The Labute approximate surface area is 249 Å². The molecule has 5 nitrogen and oxygen atoms in total. The highest BCUT2D eigenvalue weighted by Crippen LogP contribution is 2.57. The number of aliphatic imine (C=N–C) groups is 1. The lowest BCUT2D eigenvalue weighted by molar-refractivity contribution is -0.132. The van der Waals surface area contributed by atoms with E-state index in [0.717, 1.165) is 17.7 Å². The van der Waals surface area contributed by atoms with E-state index in [1.165, 1.54) is 29.6 Å². The lowest BCUT2D eigenvalue weighted by Crippen LogP contribution is -2.46. The number of benzene rings is 2. The van der Waals surface area contributed by atoms with Crippen molar-refractivity contribution in [2.24, 2.45) is 16.6 Å². The van der Waals surface area contributed by atoms with Crippen molar-refractivity contribution < 1.29 is 26.7 Å². The molecule has 0 saturated carbocycles. The number of allylic oxidation sites excluding steroid dienone is 3. The van der Waals surface area contributed by atoms with Crippen LogP contribution >= 0.6 is 23.5 Å². The largest absolute Gasteiger partial charge is 0.390 e. The second-order valence-electron chi connectivity index (χ2n) is 10.3. The summed E-state index contributed by atoms with van der Waals surface area (Å²) in [7, 11) is 0. The van der Waals surface area contributed by atoms with E-state index in [9.17, 15) is 22.4 Å². The summed E-state index contributed by atoms with van der Waals surface area (Å²) in [6, 6.07) is 8.53. The van der Waals surface area contributed by atoms with Gasteiger partial charge in [0.25, 0.3) is 0 Å². The number of primary amides is 1. The second kappa shape index (κ2) is 11.8. The predicted molar refractivity (Wildman–Crippen MR) is 159 cm³/mol. The molecule has 3 aliphatic heterocycles. The van der Waals surface area contributed by atoms with Crippen LogP contribution < -0.4 is 11.2 Å². The predicted octanol–water partition coefficient (Wildman–Crippen LogP) is 7.07. The molecule has 5 rings (SSSR count). The molecule has 222 valence electrons. The van der Waals surface area contributed by atoms with Crippen LogP contribution in [-0.4, -0.2) is 40.9 Å². The van der Waals surface area contributed by atoms with Crippen molar-refractivity contribution in [3.8, 4) is 0 Å². The zero-order valence-electron chi connectivity index (χ0n) is 22.9. The maximum atomic E-state index is 15.3. The summed E-state index contributed by atoms with van der Waals surface area (Å²) in [5, 5.41) is 1.75. The number of thioether (sulfide) groups is 2. The molecule has 42 heavy (non-hydrogen) atoms. The van der Waals surface area contributed by atoms with Gasteiger partial charge in [0.05, 0.1) is 29.2 Å². The van der Waals surface area contributed by atoms with Gasteiger partial charge in [-0.1, -0.05) is 25.1 Å². The minimum atomic E-state index is -4.39. The van der Waals surface area contributed by atoms with Gasteiger partial charge in [-0.3, -0.25) is 20.2 Å². The van der Waals surface area contributed by atoms with Gasteiger partial charge in [-0.15, -0.1) is 23.5 Å². The first kappa shape index (κ1) is 30.2. The Morgan fingerprint density at radius 3 is 2.55 bits per heavy atom. The fraction of sp³-hybridized carbons (Fsp3) is 0.333. The van der Waals surface area contributed by atoms with Gasteiger partial charge in [0.1, 0.15) is 15.7 Å². The van der Waals surface area contributed by atoms with E-state index in [0.29, 0.717) is 51.9 Å². The number of nitrogens with two attached hydrogens (primary N) is 1. The average Bonchev–Trinajstić information content (AvgIpc) is 3.35. The summed E-state index contributed by atoms with van der Waals surface area (Å²) in [6.45, 7) is 3.30. The topological polar surface area (TPSA) is 70.7 Å². The summed E-state index contributed by atoms with van der Waals surface area (Å²) in [6.07, 6.45) is 0.697. The smallest absolute Gasteiger partial charge is 0.366 e. The number of fused-ring (bicyclic) bond motifs is 1. The van der Waals surface area contributed by atoms with Gasteiger partial charge >= 0.3 is 6.18 Å². The van der Waals surface area contributed by atoms with E-state index in [2.05, 4.69) is 10.4 Å². The molecule has 0 radical (unpaired) electrons. The number of carbonyl (C=O) groups excluding carboxylic acids is 1. The van der Waals surface area contributed by atoms with Crippen molar-refractivity contribution in [2.45, 2.75) is 36.9 Å². The number of aryl methyl sites for hydroxylation is 1. The first-order valence-electron chi connectivity index (χ1n) is 13.3. The van der Waals surface area contributed by atoms with Gasteiger partial charge in [-0.05, 0) is 61.2 Å². The number of hydrogen-bond donors (Lipinski definition) is 2. The number of alkyl halides is 3. The van der Waals surface area contributed by atoms with Crippen molar-refractivity contribution in [2.75, 3.05) is 18.1 Å². The van der Waals surface area contributed by atoms with Crippen molar-refractivity contribution in [3.63, 3.8) is 0 Å². The average molecular weight is 621 g/mol. The first-order valence-corrected chi connectivity index (χ1v) is 15.3. The van der Waals surface area contributed by atoms with Gasteiger partial charge in [-0.2, -0.15) is 13.2 Å². The molecule has 0 spiro atoms. The highest BCUT2D eigenvalue weighted by molar-refractivity contribution is 8.20. The molecule has 3 heterocycles. The number of nitrogens with one attached hydrogen (secondary N) is 1. The van der Waals surface area contributed by atoms with E-state index in [1.54, 1.807) is 30.1 Å². The number of hydrazine groups is 1. The Morgan fingerprint density at radius 1 is 1.14 bits per heavy atom. The Bertz CT molecular complexity index is 1530. The summed E-state index contributed by atoms with van der Waals surface area (Å²) in [5.74, 6) is -0.398. The molecule has 12 heteroatoms. The third kappa shape index (κ3) is 6.10. The fourth-order valence-corrected chi connectivity index (χ4v) is 8.39. The standard InChI is InChI=1S/C30H29F5N4OS2/c1-17-3-8-25-24(37-10-9-29(33,34)35)16-27(30(41-11-12-42-30)22-15-20(31)5-7-23(22)32)38-39(25)26(13-17)19-4-6-21(28(36)40)18(2)14-19/h4-8,13-17,38H,3,9-12H2,1-2H3,(H2,36,40). The molecule has 1 amide bonds. The molecule has 3 aliphatic rings. The van der Waals surface area contributed by atoms with Crippen LogP contribution in [0.25, 0.3) is 5.70 Å². The van der Waals surface area contributed by atoms with Crippen LogP contribution in [0, 0.1) is 24.5 Å². The highest BCUT2D eigenvalue weighted by Gasteiger charge is 2.46. The summed E-state index contributed by atoms with van der Waals surface area (Å²) in [4.78, 5) is 16.3. The summed E-state index contributed by atoms with van der Waals surface area (Å²) >= 11 is 2.85. The van der Waals surface area contributed by atoms with Gasteiger partial charge in [0.2, 0.25) is 5.91 Å². The molecule has 1 saturated heterocycles. The van der Waals surface area contributed by atoms with E-state index in [1.807, 2.05) is 25.1 Å². The third-order valence-electron chi connectivity index (χ3n) is 7.18. The zero-order valence-corrected chi connectivity index (χ0v) is 24.5. The molecule has 2 aromatic carbocycles. The Kier molecular flexibility index (Phi) is 8.48. The molecule has 3 N–H and O–H groups in total. The zero-order chi connectivity index (χ0) is 30.2. The molecular formula is C30H29F5N4OS2. The first-order chi connectivity index (χ1) is 19.9. The van der Waals surface area contributed by atoms with Gasteiger partial charge in [0, 0.05) is 34.7 Å². The number of hydrogen-bond acceptors (Lipinski definition) is 6. The van der Waals surface area contributed by atoms with E-state index >= 15 is 4.39 Å². The number of halogens is 5. The van der Waals surface area contributed by atoms with E-state index in [-0.39, 0.29) is 11.5 Å². The van der Waals surface area contributed by atoms with Crippen molar-refractivity contribution in [3.05, 3.63) is 99.9 Å². The van der Waals surface area contributed by atoms with Crippen LogP contribution in [0.2, 0.25) is 0 Å². The normalized spacial score (nSPS) is 21.2. The minimum absolute atomic E-state index is 0.0424. The maximum absolute atomic E-state index is 15.3. The molecule has 1 atom stereocenters. The van der Waals surface area contributed by atoms with Crippen LogP contribution in [0.15, 0.2) is 71.0 Å². The molecule has 2 aromatic rings. The molecular weight excluding hydrogens is 591 g/mol. The fourth-order valence-electron chi connectivity index (χ4n) is 5.18. The van der Waals surface area contributed by atoms with Crippen LogP contribution in [0.3, 0.4) is 0 Å². The quantitative estimate of drug-likeness (QED) is 0.338. The molecule has 1 fully saturated rings. The van der Waals surface area contributed by atoms with Gasteiger partial charge in [0.15, 0.2) is 0 Å². The number of rotatable bonds is 6.